The number of halogens is 1. The summed E-state index contributed by atoms with van der Waals surface area (Å²) in [7, 11) is 0. The lowest BCUT2D eigenvalue weighted by Crippen LogP contribution is -2.42. The number of fused-ring (bicyclic) bond motifs is 1. The topological polar surface area (TPSA) is 75.4 Å². The molecule has 0 unspecified atom stereocenters. The van der Waals surface area contributed by atoms with Crippen LogP contribution in [0.3, 0.4) is 0 Å². The first-order valence-corrected chi connectivity index (χ1v) is 6.70. The molecular weight excluding hydrogens is 290 g/mol. The molecule has 2 amide bonds. The molecular formula is C15H12ClN3O2. The van der Waals surface area contributed by atoms with E-state index in [0.717, 1.165) is 0 Å². The second-order valence-electron chi connectivity index (χ2n) is 4.69. The first-order valence-electron chi connectivity index (χ1n) is 6.32. The first kappa shape index (κ1) is 13.5. The van der Waals surface area contributed by atoms with Crippen LogP contribution in [0.1, 0.15) is 10.4 Å². The van der Waals surface area contributed by atoms with Crippen molar-refractivity contribution in [2.24, 2.45) is 0 Å². The summed E-state index contributed by atoms with van der Waals surface area (Å²) in [6.45, 7) is -0.0294. The number of nitrogens with one attached hydrogen (secondary N) is 1. The Balaban J connectivity index is 2.01. The largest absolute Gasteiger partial charge is 0.398 e. The van der Waals surface area contributed by atoms with Gasteiger partial charge in [-0.05, 0) is 30.3 Å². The summed E-state index contributed by atoms with van der Waals surface area (Å²) in [5.41, 5.74) is 7.73. The Kier molecular flexibility index (Phi) is 3.27. The number of rotatable bonds is 1. The maximum atomic E-state index is 12.6. The molecule has 0 aliphatic carbocycles. The number of hydrogen-bond acceptors (Lipinski definition) is 3. The van der Waals surface area contributed by atoms with E-state index in [1.54, 1.807) is 30.3 Å². The van der Waals surface area contributed by atoms with E-state index in [9.17, 15) is 9.59 Å². The molecule has 5 nitrogen and oxygen atoms in total. The van der Waals surface area contributed by atoms with Crippen LogP contribution < -0.4 is 16.0 Å². The summed E-state index contributed by atoms with van der Waals surface area (Å²) in [5, 5.41) is 3.13. The fourth-order valence-corrected chi connectivity index (χ4v) is 2.36. The Bertz CT molecular complexity index is 745. The van der Waals surface area contributed by atoms with Crippen molar-refractivity contribution in [3.8, 4) is 0 Å². The molecule has 0 aromatic heterocycles. The highest BCUT2D eigenvalue weighted by Gasteiger charge is 2.27. The number of anilines is 3. The SMILES string of the molecule is Nc1cc(C(=O)N2CC(=O)Nc3ccccc32)ccc1Cl. The highest BCUT2D eigenvalue weighted by atomic mass is 35.5. The van der Waals surface area contributed by atoms with Crippen LogP contribution in [0.4, 0.5) is 17.1 Å². The number of para-hydroxylation sites is 2. The minimum absolute atomic E-state index is 0.0294. The maximum absolute atomic E-state index is 12.6. The van der Waals surface area contributed by atoms with Crippen molar-refractivity contribution in [2.45, 2.75) is 0 Å². The molecule has 0 bridgehead atoms. The predicted molar refractivity (Wildman–Crippen MR) is 82.6 cm³/mol. The van der Waals surface area contributed by atoms with E-state index in [0.29, 0.717) is 27.6 Å². The van der Waals surface area contributed by atoms with Gasteiger partial charge < -0.3 is 11.1 Å². The van der Waals surface area contributed by atoms with Crippen molar-refractivity contribution >= 4 is 40.5 Å². The molecule has 0 spiro atoms. The molecule has 1 heterocycles. The molecule has 6 heteroatoms. The van der Waals surface area contributed by atoms with E-state index in [1.807, 2.05) is 6.07 Å². The van der Waals surface area contributed by atoms with Crippen LogP contribution in [0.5, 0.6) is 0 Å². The second kappa shape index (κ2) is 5.10. The molecule has 21 heavy (non-hydrogen) atoms. The Hall–Kier alpha value is -2.53. The number of carbonyl (C=O) groups is 2. The Morgan fingerprint density at radius 2 is 2.00 bits per heavy atom. The zero-order valence-corrected chi connectivity index (χ0v) is 11.7. The molecule has 0 saturated carbocycles. The third kappa shape index (κ3) is 2.43. The summed E-state index contributed by atoms with van der Waals surface area (Å²) in [5.74, 6) is -0.523. The van der Waals surface area contributed by atoms with Crippen LogP contribution >= 0.6 is 11.6 Å². The average molecular weight is 302 g/mol. The number of nitrogens with two attached hydrogens (primary N) is 1. The lowest BCUT2D eigenvalue weighted by molar-refractivity contribution is -0.115. The van der Waals surface area contributed by atoms with Gasteiger partial charge in [0.15, 0.2) is 0 Å². The molecule has 106 valence electrons. The van der Waals surface area contributed by atoms with Gasteiger partial charge in [0.25, 0.3) is 5.91 Å². The van der Waals surface area contributed by atoms with Crippen molar-refractivity contribution in [1.29, 1.82) is 0 Å². The van der Waals surface area contributed by atoms with Crippen molar-refractivity contribution < 1.29 is 9.59 Å². The minimum atomic E-state index is -0.291. The molecule has 0 atom stereocenters. The smallest absolute Gasteiger partial charge is 0.258 e. The zero-order chi connectivity index (χ0) is 15.0. The summed E-state index contributed by atoms with van der Waals surface area (Å²) in [6, 6.07) is 11.8. The number of nitrogen functional groups attached to an aromatic ring is 1. The Morgan fingerprint density at radius 3 is 2.76 bits per heavy atom. The molecule has 1 aliphatic rings. The highest BCUT2D eigenvalue weighted by Crippen LogP contribution is 2.30. The molecule has 2 aromatic carbocycles. The number of benzene rings is 2. The summed E-state index contributed by atoms with van der Waals surface area (Å²) in [4.78, 5) is 25.8. The Morgan fingerprint density at radius 1 is 1.24 bits per heavy atom. The standard InChI is InChI=1S/C15H12ClN3O2/c16-10-6-5-9(7-11(10)17)15(21)19-8-14(20)18-12-3-1-2-4-13(12)19/h1-7H,8,17H2,(H,18,20). The number of hydrogen-bond donors (Lipinski definition) is 2. The summed E-state index contributed by atoms with van der Waals surface area (Å²) >= 11 is 5.86. The number of nitrogens with zero attached hydrogens (tertiary/aromatic N) is 1. The van der Waals surface area contributed by atoms with Gasteiger partial charge in [-0.15, -0.1) is 0 Å². The summed E-state index contributed by atoms with van der Waals surface area (Å²) in [6.07, 6.45) is 0. The normalized spacial score (nSPS) is 13.6. The van der Waals surface area contributed by atoms with E-state index in [-0.39, 0.29) is 18.4 Å². The van der Waals surface area contributed by atoms with Crippen LogP contribution in [0.2, 0.25) is 5.02 Å². The van der Waals surface area contributed by atoms with Gasteiger partial charge in [0.1, 0.15) is 6.54 Å². The summed E-state index contributed by atoms with van der Waals surface area (Å²) < 4.78 is 0. The van der Waals surface area contributed by atoms with Gasteiger partial charge in [0.2, 0.25) is 5.91 Å². The van der Waals surface area contributed by atoms with Gasteiger partial charge in [-0.25, -0.2) is 0 Å². The lowest BCUT2D eigenvalue weighted by atomic mass is 10.1. The zero-order valence-electron chi connectivity index (χ0n) is 11.0. The van der Waals surface area contributed by atoms with Crippen molar-refractivity contribution in [2.75, 3.05) is 22.5 Å². The molecule has 1 aliphatic heterocycles. The number of amides is 2. The van der Waals surface area contributed by atoms with Gasteiger partial charge >= 0.3 is 0 Å². The molecule has 3 rings (SSSR count). The fourth-order valence-electron chi connectivity index (χ4n) is 2.25. The van der Waals surface area contributed by atoms with E-state index in [4.69, 9.17) is 17.3 Å². The first-order chi connectivity index (χ1) is 10.1. The minimum Gasteiger partial charge on any atom is -0.398 e. The van der Waals surface area contributed by atoms with Crippen LogP contribution in [0.15, 0.2) is 42.5 Å². The quantitative estimate of drug-likeness (QED) is 0.795. The van der Waals surface area contributed by atoms with Crippen molar-refractivity contribution in [3.63, 3.8) is 0 Å². The van der Waals surface area contributed by atoms with E-state index < -0.39 is 0 Å². The third-order valence-electron chi connectivity index (χ3n) is 3.26. The molecule has 0 radical (unpaired) electrons. The fraction of sp³-hybridized carbons (Fsp3) is 0.0667. The van der Waals surface area contributed by atoms with E-state index >= 15 is 0 Å². The van der Waals surface area contributed by atoms with Crippen molar-refractivity contribution in [1.82, 2.24) is 0 Å². The maximum Gasteiger partial charge on any atom is 0.258 e. The van der Waals surface area contributed by atoms with Crippen molar-refractivity contribution in [3.05, 3.63) is 53.1 Å². The molecule has 0 fully saturated rings. The molecule has 3 N–H and O–H groups in total. The third-order valence-corrected chi connectivity index (χ3v) is 3.60. The van der Waals surface area contributed by atoms with Gasteiger partial charge in [-0.2, -0.15) is 0 Å². The Labute approximate surface area is 126 Å². The van der Waals surface area contributed by atoms with Gasteiger partial charge in [-0.1, -0.05) is 23.7 Å². The highest BCUT2D eigenvalue weighted by molar-refractivity contribution is 6.33. The second-order valence-corrected chi connectivity index (χ2v) is 5.10. The lowest BCUT2D eigenvalue weighted by Gasteiger charge is -2.29. The van der Waals surface area contributed by atoms with Gasteiger partial charge in [0, 0.05) is 5.56 Å². The van der Waals surface area contributed by atoms with Gasteiger partial charge in [-0.3, -0.25) is 14.5 Å². The van der Waals surface area contributed by atoms with Crippen LogP contribution in [-0.2, 0) is 4.79 Å². The van der Waals surface area contributed by atoms with E-state index in [1.165, 1.54) is 11.0 Å². The van der Waals surface area contributed by atoms with E-state index in [2.05, 4.69) is 5.32 Å². The molecule has 2 aromatic rings. The van der Waals surface area contributed by atoms with Crippen LogP contribution in [-0.4, -0.2) is 18.4 Å². The monoisotopic (exact) mass is 301 g/mol. The van der Waals surface area contributed by atoms with Gasteiger partial charge in [0.05, 0.1) is 22.1 Å². The van der Waals surface area contributed by atoms with Crippen LogP contribution in [0.25, 0.3) is 0 Å². The predicted octanol–water partition coefficient (Wildman–Crippen LogP) is 2.52. The number of carbonyl (C=O) groups excluding carboxylic acids is 2. The molecule has 0 saturated heterocycles. The van der Waals surface area contributed by atoms with Crippen LogP contribution in [0, 0.1) is 0 Å². The average Bonchev–Trinajstić information content (AvgIpc) is 2.48.